The highest BCUT2D eigenvalue weighted by molar-refractivity contribution is 5.52. The maximum Gasteiger partial charge on any atom is 0.169 e. The third kappa shape index (κ3) is 5.20. The highest BCUT2D eigenvalue weighted by Gasteiger charge is 2.13. The van der Waals surface area contributed by atoms with Crippen molar-refractivity contribution in [2.24, 2.45) is 0 Å². The highest BCUT2D eigenvalue weighted by Crippen LogP contribution is 2.14. The first-order chi connectivity index (χ1) is 9.33. The van der Waals surface area contributed by atoms with Crippen LogP contribution < -0.4 is 4.90 Å². The summed E-state index contributed by atoms with van der Waals surface area (Å²) >= 11 is 0. The Morgan fingerprint density at radius 3 is 2.37 bits per heavy atom. The smallest absolute Gasteiger partial charge is 0.169 e. The molecule has 19 heavy (non-hydrogen) atoms. The van der Waals surface area contributed by atoms with Crippen LogP contribution in [0.25, 0.3) is 0 Å². The number of aromatic nitrogens is 2. The molecule has 0 unspecified atom stereocenters. The van der Waals surface area contributed by atoms with E-state index in [1.807, 2.05) is 18.7 Å². The van der Waals surface area contributed by atoms with Gasteiger partial charge in [-0.25, -0.2) is 0 Å². The van der Waals surface area contributed by atoms with Crippen LogP contribution in [0.2, 0.25) is 0 Å². The summed E-state index contributed by atoms with van der Waals surface area (Å²) in [6.07, 6.45) is 1.52. The first-order valence-corrected chi connectivity index (χ1v) is 6.45. The van der Waals surface area contributed by atoms with Gasteiger partial charge in [0.1, 0.15) is 6.07 Å². The fourth-order valence-electron chi connectivity index (χ4n) is 1.61. The Kier molecular flexibility index (Phi) is 7.47. The van der Waals surface area contributed by atoms with E-state index in [9.17, 15) is 0 Å². The second kappa shape index (κ2) is 9.25. The summed E-state index contributed by atoms with van der Waals surface area (Å²) in [5.41, 5.74) is 0.517. The van der Waals surface area contributed by atoms with Gasteiger partial charge in [-0.15, -0.1) is 5.10 Å². The molecule has 0 aliphatic rings. The lowest BCUT2D eigenvalue weighted by molar-refractivity contribution is 0.141. The molecule has 1 aromatic heterocycles. The second-order valence-electron chi connectivity index (χ2n) is 3.76. The summed E-state index contributed by atoms with van der Waals surface area (Å²) < 4.78 is 10.7. The molecule has 0 spiro atoms. The zero-order valence-electron chi connectivity index (χ0n) is 11.5. The van der Waals surface area contributed by atoms with Crippen LogP contribution in [0.4, 0.5) is 5.82 Å². The van der Waals surface area contributed by atoms with Gasteiger partial charge in [-0.2, -0.15) is 10.4 Å². The zero-order valence-corrected chi connectivity index (χ0v) is 11.5. The maximum atomic E-state index is 9.10. The molecule has 6 nitrogen and oxygen atoms in total. The molecular weight excluding hydrogens is 244 g/mol. The van der Waals surface area contributed by atoms with E-state index >= 15 is 0 Å². The Morgan fingerprint density at radius 2 is 1.84 bits per heavy atom. The van der Waals surface area contributed by atoms with Gasteiger partial charge in [-0.1, -0.05) is 0 Å². The molecule has 0 saturated heterocycles. The lowest BCUT2D eigenvalue weighted by Crippen LogP contribution is -2.32. The Bertz CT molecular complexity index is 396. The molecule has 0 fully saturated rings. The number of nitriles is 1. The van der Waals surface area contributed by atoms with Crippen LogP contribution in [0, 0.1) is 11.3 Å². The summed E-state index contributed by atoms with van der Waals surface area (Å²) in [5.74, 6) is 0.587. The zero-order chi connectivity index (χ0) is 13.9. The predicted octanol–water partition coefficient (Wildman–Crippen LogP) is 1.23. The minimum absolute atomic E-state index is 0.517. The molecule has 6 heteroatoms. The Labute approximate surface area is 114 Å². The Hall–Kier alpha value is -1.71. The molecule has 0 saturated carbocycles. The largest absolute Gasteiger partial charge is 0.380 e. The molecule has 0 atom stereocenters. The molecule has 104 valence electrons. The summed E-state index contributed by atoms with van der Waals surface area (Å²) in [5, 5.41) is 17.0. The van der Waals surface area contributed by atoms with Gasteiger partial charge in [0.2, 0.25) is 0 Å². The molecule has 1 rings (SSSR count). The van der Waals surface area contributed by atoms with Crippen molar-refractivity contribution in [3.05, 3.63) is 17.8 Å². The monoisotopic (exact) mass is 264 g/mol. The van der Waals surface area contributed by atoms with E-state index in [2.05, 4.69) is 16.3 Å². The molecular formula is C13H20N4O2. The summed E-state index contributed by atoms with van der Waals surface area (Å²) in [6.45, 7) is 7.74. The van der Waals surface area contributed by atoms with E-state index in [4.69, 9.17) is 14.7 Å². The van der Waals surface area contributed by atoms with Crippen LogP contribution in [0.15, 0.2) is 12.3 Å². The molecule has 0 N–H and O–H groups in total. The van der Waals surface area contributed by atoms with Gasteiger partial charge < -0.3 is 14.4 Å². The van der Waals surface area contributed by atoms with E-state index in [0.717, 1.165) is 0 Å². The molecule has 0 amide bonds. The second-order valence-corrected chi connectivity index (χ2v) is 3.76. The van der Waals surface area contributed by atoms with Crippen LogP contribution in [0.5, 0.6) is 0 Å². The molecule has 0 radical (unpaired) electrons. The molecule has 1 heterocycles. The lowest BCUT2D eigenvalue weighted by atomic mass is 10.3. The minimum atomic E-state index is 0.517. The van der Waals surface area contributed by atoms with Crippen molar-refractivity contribution < 1.29 is 9.47 Å². The van der Waals surface area contributed by atoms with Crippen molar-refractivity contribution in [3.8, 4) is 6.07 Å². The number of hydrogen-bond acceptors (Lipinski definition) is 6. The first-order valence-electron chi connectivity index (χ1n) is 6.45. The number of nitrogens with zero attached hydrogens (tertiary/aromatic N) is 4. The predicted molar refractivity (Wildman–Crippen MR) is 71.9 cm³/mol. The quantitative estimate of drug-likeness (QED) is 0.625. The summed E-state index contributed by atoms with van der Waals surface area (Å²) in [7, 11) is 0. The van der Waals surface area contributed by atoms with Gasteiger partial charge in [0.15, 0.2) is 5.82 Å². The summed E-state index contributed by atoms with van der Waals surface area (Å²) in [6, 6.07) is 3.79. The van der Waals surface area contributed by atoms with Crippen LogP contribution in [0.3, 0.4) is 0 Å². The van der Waals surface area contributed by atoms with Gasteiger partial charge in [0, 0.05) is 26.3 Å². The average molecular weight is 264 g/mol. The molecule has 0 aliphatic heterocycles. The molecule has 0 aromatic carbocycles. The van der Waals surface area contributed by atoms with E-state index in [0.29, 0.717) is 50.9 Å². The van der Waals surface area contributed by atoms with E-state index in [-0.39, 0.29) is 0 Å². The first kappa shape index (κ1) is 15.3. The molecule has 0 bridgehead atoms. The normalized spacial score (nSPS) is 10.2. The van der Waals surface area contributed by atoms with Crippen molar-refractivity contribution >= 4 is 5.82 Å². The van der Waals surface area contributed by atoms with Crippen LogP contribution in [-0.4, -0.2) is 49.7 Å². The van der Waals surface area contributed by atoms with Crippen molar-refractivity contribution in [1.29, 1.82) is 5.26 Å². The highest BCUT2D eigenvalue weighted by atomic mass is 16.5. The summed E-state index contributed by atoms with van der Waals surface area (Å²) in [4.78, 5) is 1.97. The average Bonchev–Trinajstić information content (AvgIpc) is 2.46. The maximum absolute atomic E-state index is 9.10. The van der Waals surface area contributed by atoms with E-state index in [1.165, 1.54) is 6.20 Å². The number of hydrogen-bond donors (Lipinski definition) is 0. The van der Waals surface area contributed by atoms with Crippen LogP contribution >= 0.6 is 0 Å². The minimum Gasteiger partial charge on any atom is -0.380 e. The fourth-order valence-corrected chi connectivity index (χ4v) is 1.61. The van der Waals surface area contributed by atoms with Crippen molar-refractivity contribution in [2.75, 3.05) is 44.4 Å². The van der Waals surface area contributed by atoms with Crippen molar-refractivity contribution in [2.45, 2.75) is 13.8 Å². The number of ether oxygens (including phenoxy) is 2. The third-order valence-electron chi connectivity index (χ3n) is 2.54. The van der Waals surface area contributed by atoms with E-state index < -0.39 is 0 Å². The topological polar surface area (TPSA) is 71.3 Å². The van der Waals surface area contributed by atoms with Gasteiger partial charge in [0.05, 0.1) is 25.0 Å². The Balaban J connectivity index is 2.73. The van der Waals surface area contributed by atoms with Gasteiger partial charge in [-0.05, 0) is 19.9 Å². The number of anilines is 1. The number of rotatable bonds is 9. The van der Waals surface area contributed by atoms with Crippen LogP contribution in [0.1, 0.15) is 19.4 Å². The molecule has 1 aromatic rings. The van der Waals surface area contributed by atoms with Crippen LogP contribution in [-0.2, 0) is 9.47 Å². The lowest BCUT2D eigenvalue weighted by Gasteiger charge is -2.23. The van der Waals surface area contributed by atoms with Crippen molar-refractivity contribution in [3.63, 3.8) is 0 Å². The van der Waals surface area contributed by atoms with Crippen molar-refractivity contribution in [1.82, 2.24) is 10.2 Å². The van der Waals surface area contributed by atoms with Gasteiger partial charge >= 0.3 is 0 Å². The van der Waals surface area contributed by atoms with Gasteiger partial charge in [0.25, 0.3) is 0 Å². The SMILES string of the molecule is CCOCCN(CCOCC)c1nnccc1C#N. The Morgan fingerprint density at radius 1 is 1.21 bits per heavy atom. The fraction of sp³-hybridized carbons (Fsp3) is 0.615. The third-order valence-corrected chi connectivity index (χ3v) is 2.54. The van der Waals surface area contributed by atoms with Gasteiger partial charge in [-0.3, -0.25) is 0 Å². The van der Waals surface area contributed by atoms with E-state index in [1.54, 1.807) is 6.07 Å². The molecule has 0 aliphatic carbocycles. The standard InChI is InChI=1S/C13H20N4O2/c1-3-18-9-7-17(8-10-19-4-2)13-12(11-14)5-6-15-16-13/h5-6H,3-4,7-10H2,1-2H3.